The van der Waals surface area contributed by atoms with Crippen molar-refractivity contribution >= 4 is 11.8 Å². The summed E-state index contributed by atoms with van der Waals surface area (Å²) >= 11 is 1.70. The van der Waals surface area contributed by atoms with Gasteiger partial charge in [-0.25, -0.2) is 4.98 Å². The van der Waals surface area contributed by atoms with Crippen LogP contribution in [-0.4, -0.2) is 14.7 Å². The molecule has 0 spiro atoms. The van der Waals surface area contributed by atoms with Gasteiger partial charge in [0.2, 0.25) is 0 Å². The third kappa shape index (κ3) is 2.76. The Hall–Kier alpha value is -1.26. The van der Waals surface area contributed by atoms with E-state index in [9.17, 15) is 0 Å². The van der Waals surface area contributed by atoms with Crippen molar-refractivity contribution in [2.45, 2.75) is 31.4 Å². The zero-order valence-electron chi connectivity index (χ0n) is 11.0. The number of imidazole rings is 1. The molecule has 4 heteroatoms. The summed E-state index contributed by atoms with van der Waals surface area (Å²) in [6, 6.07) is 6.51. The van der Waals surface area contributed by atoms with E-state index in [0.717, 1.165) is 16.6 Å². The van der Waals surface area contributed by atoms with E-state index in [1.165, 1.54) is 16.7 Å². The number of aliphatic hydroxyl groups excluding tert-OH is 1. The molecule has 1 aromatic carbocycles. The minimum Gasteiger partial charge on any atom is -0.390 e. The van der Waals surface area contributed by atoms with Gasteiger partial charge in [0, 0.05) is 12.8 Å². The van der Waals surface area contributed by atoms with Gasteiger partial charge in [0.05, 0.1) is 18.5 Å². The molecule has 0 aliphatic heterocycles. The molecule has 0 bridgehead atoms. The van der Waals surface area contributed by atoms with Crippen LogP contribution in [0, 0.1) is 13.8 Å². The number of rotatable bonds is 4. The van der Waals surface area contributed by atoms with Crippen molar-refractivity contribution in [1.29, 1.82) is 0 Å². The summed E-state index contributed by atoms with van der Waals surface area (Å²) in [4.78, 5) is 4.32. The van der Waals surface area contributed by atoms with Crippen molar-refractivity contribution in [1.82, 2.24) is 9.55 Å². The minimum atomic E-state index is 0.0353. The van der Waals surface area contributed by atoms with E-state index in [1.807, 2.05) is 11.6 Å². The molecule has 0 unspecified atom stereocenters. The first-order valence-electron chi connectivity index (χ1n) is 5.92. The predicted octanol–water partition coefficient (Wildman–Crippen LogP) is 2.82. The highest BCUT2D eigenvalue weighted by Gasteiger charge is 2.07. The van der Waals surface area contributed by atoms with E-state index < -0.39 is 0 Å². The van der Waals surface area contributed by atoms with Crippen molar-refractivity contribution in [2.24, 2.45) is 7.05 Å². The van der Waals surface area contributed by atoms with Crippen LogP contribution in [0.25, 0.3) is 0 Å². The molecule has 1 N–H and O–H groups in total. The second-order valence-electron chi connectivity index (χ2n) is 4.47. The Morgan fingerprint density at radius 3 is 2.78 bits per heavy atom. The third-order valence-electron chi connectivity index (χ3n) is 3.07. The Labute approximate surface area is 112 Å². The fourth-order valence-corrected chi connectivity index (χ4v) is 2.84. The highest BCUT2D eigenvalue weighted by molar-refractivity contribution is 7.98. The second-order valence-corrected chi connectivity index (χ2v) is 5.41. The number of nitrogens with zero attached hydrogens (tertiary/aromatic N) is 2. The maximum absolute atomic E-state index is 9.13. The van der Waals surface area contributed by atoms with Gasteiger partial charge < -0.3 is 9.67 Å². The number of benzene rings is 1. The highest BCUT2D eigenvalue weighted by atomic mass is 32.2. The Bertz CT molecular complexity index is 549. The number of aryl methyl sites for hydroxylation is 2. The Kier molecular flexibility index (Phi) is 4.09. The van der Waals surface area contributed by atoms with Crippen LogP contribution >= 0.6 is 11.8 Å². The molecule has 96 valence electrons. The Morgan fingerprint density at radius 1 is 1.33 bits per heavy atom. The average Bonchev–Trinajstić information content (AvgIpc) is 2.71. The third-order valence-corrected chi connectivity index (χ3v) is 4.16. The van der Waals surface area contributed by atoms with Crippen molar-refractivity contribution in [3.05, 3.63) is 46.8 Å². The summed E-state index contributed by atoms with van der Waals surface area (Å²) < 4.78 is 1.94. The van der Waals surface area contributed by atoms with Gasteiger partial charge in [0.25, 0.3) is 0 Å². The molecule has 0 fully saturated rings. The van der Waals surface area contributed by atoms with Crippen molar-refractivity contribution in [3.8, 4) is 0 Å². The molecule has 0 aliphatic rings. The molecule has 0 aliphatic carbocycles. The smallest absolute Gasteiger partial charge is 0.168 e. The number of aliphatic hydroxyl groups is 1. The molecule has 0 amide bonds. The van der Waals surface area contributed by atoms with Crippen LogP contribution in [-0.2, 0) is 19.4 Å². The molecule has 1 heterocycles. The zero-order valence-corrected chi connectivity index (χ0v) is 11.8. The lowest BCUT2D eigenvalue weighted by atomic mass is 10.1. The molecule has 0 saturated heterocycles. The fourth-order valence-electron chi connectivity index (χ4n) is 1.80. The summed E-state index contributed by atoms with van der Waals surface area (Å²) in [5, 5.41) is 10.1. The predicted molar refractivity (Wildman–Crippen MR) is 74.6 cm³/mol. The molecular formula is C14H18N2OS. The molecular weight excluding hydrogens is 244 g/mol. The van der Waals surface area contributed by atoms with Crippen molar-refractivity contribution in [2.75, 3.05) is 0 Å². The number of hydrogen-bond donors (Lipinski definition) is 1. The van der Waals surface area contributed by atoms with Crippen LogP contribution in [0.5, 0.6) is 0 Å². The van der Waals surface area contributed by atoms with Crippen LogP contribution in [0.2, 0.25) is 0 Å². The molecule has 3 nitrogen and oxygen atoms in total. The molecule has 0 saturated carbocycles. The second kappa shape index (κ2) is 5.59. The number of thioether (sulfide) groups is 1. The van der Waals surface area contributed by atoms with E-state index in [-0.39, 0.29) is 6.61 Å². The van der Waals surface area contributed by atoms with Gasteiger partial charge in [-0.15, -0.1) is 0 Å². The molecule has 0 atom stereocenters. The van der Waals surface area contributed by atoms with Gasteiger partial charge in [-0.05, 0) is 25.0 Å². The van der Waals surface area contributed by atoms with Crippen molar-refractivity contribution in [3.63, 3.8) is 0 Å². The molecule has 0 radical (unpaired) electrons. The van der Waals surface area contributed by atoms with Gasteiger partial charge in [-0.1, -0.05) is 35.5 Å². The van der Waals surface area contributed by atoms with Crippen LogP contribution < -0.4 is 0 Å². The summed E-state index contributed by atoms with van der Waals surface area (Å²) in [6.07, 6.45) is 1.73. The molecule has 18 heavy (non-hydrogen) atoms. The topological polar surface area (TPSA) is 38.1 Å². The molecule has 2 aromatic rings. The van der Waals surface area contributed by atoms with E-state index in [0.29, 0.717) is 0 Å². The van der Waals surface area contributed by atoms with Gasteiger partial charge in [0.15, 0.2) is 5.16 Å². The van der Waals surface area contributed by atoms with Gasteiger partial charge in [-0.2, -0.15) is 0 Å². The van der Waals surface area contributed by atoms with E-state index in [1.54, 1.807) is 18.0 Å². The maximum atomic E-state index is 9.13. The fraction of sp³-hybridized carbons (Fsp3) is 0.357. The van der Waals surface area contributed by atoms with Gasteiger partial charge in [0.1, 0.15) is 0 Å². The lowest BCUT2D eigenvalue weighted by molar-refractivity contribution is 0.271. The average molecular weight is 262 g/mol. The lowest BCUT2D eigenvalue weighted by Crippen LogP contribution is -1.98. The lowest BCUT2D eigenvalue weighted by Gasteiger charge is -2.07. The first-order chi connectivity index (χ1) is 8.61. The summed E-state index contributed by atoms with van der Waals surface area (Å²) in [7, 11) is 1.93. The summed E-state index contributed by atoms with van der Waals surface area (Å²) in [5.41, 5.74) is 4.78. The highest BCUT2D eigenvalue weighted by Crippen LogP contribution is 2.24. The quantitative estimate of drug-likeness (QED) is 0.861. The number of hydrogen-bond acceptors (Lipinski definition) is 3. The minimum absolute atomic E-state index is 0.0353. The number of aromatic nitrogens is 2. The standard InChI is InChI=1S/C14H18N2OS/c1-10-4-5-11(2)12(6-10)9-18-14-15-7-13(8-17)16(14)3/h4-7,17H,8-9H2,1-3H3. The Morgan fingerprint density at radius 2 is 2.11 bits per heavy atom. The van der Waals surface area contributed by atoms with E-state index >= 15 is 0 Å². The normalized spacial score (nSPS) is 10.9. The van der Waals surface area contributed by atoms with Gasteiger partial charge in [-0.3, -0.25) is 0 Å². The first-order valence-corrected chi connectivity index (χ1v) is 6.90. The monoisotopic (exact) mass is 262 g/mol. The van der Waals surface area contributed by atoms with Crippen LogP contribution in [0.15, 0.2) is 29.6 Å². The molecule has 1 aromatic heterocycles. The SMILES string of the molecule is Cc1ccc(C)c(CSc2ncc(CO)n2C)c1. The van der Waals surface area contributed by atoms with Crippen LogP contribution in [0.4, 0.5) is 0 Å². The summed E-state index contributed by atoms with van der Waals surface area (Å²) in [6.45, 7) is 4.28. The van der Waals surface area contributed by atoms with Gasteiger partial charge >= 0.3 is 0 Å². The summed E-state index contributed by atoms with van der Waals surface area (Å²) in [5.74, 6) is 0.906. The van der Waals surface area contributed by atoms with Crippen LogP contribution in [0.1, 0.15) is 22.4 Å². The van der Waals surface area contributed by atoms with Crippen molar-refractivity contribution < 1.29 is 5.11 Å². The zero-order chi connectivity index (χ0) is 13.1. The Balaban J connectivity index is 2.11. The maximum Gasteiger partial charge on any atom is 0.168 e. The first kappa shape index (κ1) is 13.2. The van der Waals surface area contributed by atoms with Crippen LogP contribution in [0.3, 0.4) is 0 Å². The van der Waals surface area contributed by atoms with E-state index in [2.05, 4.69) is 37.0 Å². The molecule has 2 rings (SSSR count). The van der Waals surface area contributed by atoms with E-state index in [4.69, 9.17) is 5.11 Å². The largest absolute Gasteiger partial charge is 0.390 e.